The molecule has 0 spiro atoms. The van der Waals surface area contributed by atoms with Gasteiger partial charge in [-0.1, -0.05) is 26.8 Å². The summed E-state index contributed by atoms with van der Waals surface area (Å²) in [6, 6.07) is 5.54. The molecule has 3 rings (SSSR count). The average molecular weight is 302 g/mol. The molecule has 1 saturated heterocycles. The van der Waals surface area contributed by atoms with Crippen LogP contribution in [-0.4, -0.2) is 21.6 Å². The van der Waals surface area contributed by atoms with Crippen molar-refractivity contribution in [2.75, 3.05) is 0 Å². The van der Waals surface area contributed by atoms with Crippen molar-refractivity contribution in [2.45, 2.75) is 44.9 Å². The van der Waals surface area contributed by atoms with E-state index in [4.69, 9.17) is 4.11 Å². The van der Waals surface area contributed by atoms with Crippen molar-refractivity contribution in [2.24, 2.45) is 6.98 Å². The summed E-state index contributed by atoms with van der Waals surface area (Å²) >= 11 is 0. The molecular weight excluding hydrogens is 278 g/mol. The van der Waals surface area contributed by atoms with Crippen LogP contribution < -0.4 is 5.32 Å². The lowest BCUT2D eigenvalue weighted by Crippen LogP contribution is -2.39. The maximum Gasteiger partial charge on any atom is 0.235 e. The van der Waals surface area contributed by atoms with Crippen LogP contribution in [-0.2, 0) is 22.0 Å². The minimum Gasteiger partial charge on any atom is -0.296 e. The van der Waals surface area contributed by atoms with Gasteiger partial charge in [0, 0.05) is 22.9 Å². The van der Waals surface area contributed by atoms with E-state index in [0.29, 0.717) is 23.0 Å². The average Bonchev–Trinajstić information content (AvgIpc) is 2.85. The number of piperidine rings is 1. The van der Waals surface area contributed by atoms with Crippen molar-refractivity contribution in [1.29, 1.82) is 0 Å². The number of imide groups is 1. The van der Waals surface area contributed by atoms with Gasteiger partial charge in [-0.15, -0.1) is 0 Å². The van der Waals surface area contributed by atoms with Gasteiger partial charge in [-0.3, -0.25) is 19.6 Å². The van der Waals surface area contributed by atoms with Crippen LogP contribution in [0.5, 0.6) is 0 Å². The second-order valence-corrected chi connectivity index (χ2v) is 6.78. The smallest absolute Gasteiger partial charge is 0.235 e. The van der Waals surface area contributed by atoms with E-state index in [-0.39, 0.29) is 17.7 Å². The molecule has 2 aromatic rings. The molecule has 0 saturated carbocycles. The second kappa shape index (κ2) is 4.93. The lowest BCUT2D eigenvalue weighted by atomic mass is 9.85. The van der Waals surface area contributed by atoms with Gasteiger partial charge in [0.25, 0.3) is 0 Å². The summed E-state index contributed by atoms with van der Waals surface area (Å²) in [5, 5.41) is 7.23. The number of hydrogen-bond acceptors (Lipinski definition) is 3. The largest absolute Gasteiger partial charge is 0.296 e. The third-order valence-corrected chi connectivity index (χ3v) is 4.14. The van der Waals surface area contributed by atoms with Crippen molar-refractivity contribution in [3.63, 3.8) is 0 Å². The van der Waals surface area contributed by atoms with E-state index in [0.717, 1.165) is 10.2 Å². The van der Waals surface area contributed by atoms with Crippen LogP contribution in [0, 0.1) is 0 Å². The quantitative estimate of drug-likeness (QED) is 0.823. The van der Waals surface area contributed by atoms with Gasteiger partial charge in [0.2, 0.25) is 11.8 Å². The van der Waals surface area contributed by atoms with E-state index in [1.54, 1.807) is 6.07 Å². The minimum absolute atomic E-state index is 0.127. The van der Waals surface area contributed by atoms with Gasteiger partial charge in [0.15, 0.2) is 0 Å². The number of aryl methyl sites for hydroxylation is 1. The zero-order chi connectivity index (χ0) is 18.6. The topological polar surface area (TPSA) is 64.0 Å². The molecule has 1 fully saturated rings. The molecule has 0 aliphatic carbocycles. The Morgan fingerprint density at radius 2 is 2.14 bits per heavy atom. The number of fused-ring (bicyclic) bond motifs is 1. The molecule has 1 aromatic carbocycles. The van der Waals surface area contributed by atoms with E-state index in [1.165, 1.54) is 0 Å². The Kier molecular flexibility index (Phi) is 2.56. The first-order valence-electron chi connectivity index (χ1n) is 8.86. The zero-order valence-corrected chi connectivity index (χ0v) is 12.9. The monoisotopic (exact) mass is 302 g/mol. The van der Waals surface area contributed by atoms with Gasteiger partial charge >= 0.3 is 0 Å². The van der Waals surface area contributed by atoms with Crippen LogP contribution in [0.4, 0.5) is 0 Å². The first kappa shape index (κ1) is 11.4. The zero-order valence-electron chi connectivity index (χ0n) is 15.9. The number of nitrogens with zero attached hydrogens (tertiary/aromatic N) is 2. The summed E-state index contributed by atoms with van der Waals surface area (Å²) in [5.41, 5.74) is 1.78. The Morgan fingerprint density at radius 1 is 1.36 bits per heavy atom. The molecule has 1 aliphatic heterocycles. The minimum atomic E-state index is -2.44. The van der Waals surface area contributed by atoms with Gasteiger partial charge in [0.1, 0.15) is 0 Å². The van der Waals surface area contributed by atoms with E-state index in [1.807, 2.05) is 12.1 Å². The number of carbonyl (C=O) groups is 2. The predicted octanol–water partition coefficient (Wildman–Crippen LogP) is 2.39. The third-order valence-electron chi connectivity index (χ3n) is 4.14. The van der Waals surface area contributed by atoms with Gasteiger partial charge in [-0.25, -0.2) is 0 Å². The normalized spacial score (nSPS) is 22.1. The number of rotatable bonds is 1. The van der Waals surface area contributed by atoms with Crippen molar-refractivity contribution in [3.8, 4) is 0 Å². The Hall–Kier alpha value is -2.17. The SMILES string of the molecule is [2H]C([2H])([2H])n1nc(C2CCC(=O)NC2=O)c2cc(C(C)(C)C)ccc21. The van der Waals surface area contributed by atoms with Crippen LogP contribution in [0.15, 0.2) is 18.2 Å². The van der Waals surface area contributed by atoms with Gasteiger partial charge in [-0.05, 0) is 29.5 Å². The molecule has 0 bridgehead atoms. The number of hydrogen-bond donors (Lipinski definition) is 1. The summed E-state index contributed by atoms with van der Waals surface area (Å²) < 4.78 is 24.2. The molecular formula is C17H21N3O2. The van der Waals surface area contributed by atoms with Crippen LogP contribution in [0.1, 0.15) is 54.9 Å². The fourth-order valence-electron chi connectivity index (χ4n) is 2.82. The number of nitrogens with one attached hydrogen (secondary N) is 1. The summed E-state index contributed by atoms with van der Waals surface area (Å²) in [4.78, 5) is 23.7. The van der Waals surface area contributed by atoms with Gasteiger partial charge in [-0.2, -0.15) is 5.10 Å². The number of amides is 2. The van der Waals surface area contributed by atoms with E-state index in [9.17, 15) is 9.59 Å². The molecule has 5 nitrogen and oxygen atoms in total. The third kappa shape index (κ3) is 2.40. The van der Waals surface area contributed by atoms with Crippen LogP contribution in [0.3, 0.4) is 0 Å². The summed E-state index contributed by atoms with van der Waals surface area (Å²) in [6.07, 6.45) is 0.551. The highest BCUT2D eigenvalue weighted by Crippen LogP contribution is 2.33. The van der Waals surface area contributed by atoms with Crippen molar-refractivity contribution in [1.82, 2.24) is 15.1 Å². The highest BCUT2D eigenvalue weighted by Gasteiger charge is 2.31. The van der Waals surface area contributed by atoms with Crippen LogP contribution in [0.25, 0.3) is 10.9 Å². The molecule has 1 atom stereocenters. The maximum absolute atomic E-state index is 12.3. The number of carbonyl (C=O) groups excluding carboxylic acids is 2. The fourth-order valence-corrected chi connectivity index (χ4v) is 2.82. The summed E-state index contributed by atoms with van der Waals surface area (Å²) in [5.74, 6) is -1.36. The number of aromatic nitrogens is 2. The van der Waals surface area contributed by atoms with Crippen molar-refractivity contribution in [3.05, 3.63) is 29.5 Å². The Balaban J connectivity index is 2.22. The van der Waals surface area contributed by atoms with Gasteiger partial charge < -0.3 is 0 Å². The molecule has 22 heavy (non-hydrogen) atoms. The van der Waals surface area contributed by atoms with E-state index >= 15 is 0 Å². The molecule has 2 heterocycles. The maximum atomic E-state index is 12.3. The first-order chi connectivity index (χ1) is 11.5. The van der Waals surface area contributed by atoms with E-state index in [2.05, 4.69) is 31.2 Å². The fraction of sp³-hybridized carbons (Fsp3) is 0.471. The highest BCUT2D eigenvalue weighted by atomic mass is 16.2. The second-order valence-electron chi connectivity index (χ2n) is 6.78. The standard InChI is InChI=1S/C17H21N3O2/c1-17(2,3)10-5-7-13-12(9-10)15(19-20(13)4)11-6-8-14(21)18-16(11)22/h5,7,9,11H,6,8H2,1-4H3,(H,18,21,22)/i4D3. The lowest BCUT2D eigenvalue weighted by molar-refractivity contribution is -0.134. The molecule has 1 unspecified atom stereocenters. The van der Waals surface area contributed by atoms with Crippen molar-refractivity contribution >= 4 is 22.7 Å². The van der Waals surface area contributed by atoms with Gasteiger partial charge in [0.05, 0.1) is 17.1 Å². The Bertz CT molecular complexity index is 862. The Labute approximate surface area is 133 Å². The molecule has 5 heteroatoms. The van der Waals surface area contributed by atoms with Crippen LogP contribution in [0.2, 0.25) is 0 Å². The predicted molar refractivity (Wildman–Crippen MR) is 84.5 cm³/mol. The lowest BCUT2D eigenvalue weighted by Gasteiger charge is -2.21. The molecule has 0 radical (unpaired) electrons. The molecule has 1 aromatic heterocycles. The number of benzene rings is 1. The van der Waals surface area contributed by atoms with E-state index < -0.39 is 18.8 Å². The van der Waals surface area contributed by atoms with Crippen LogP contribution >= 0.6 is 0 Å². The summed E-state index contributed by atoms with van der Waals surface area (Å²) in [6.45, 7) is 3.75. The highest BCUT2D eigenvalue weighted by molar-refractivity contribution is 6.02. The van der Waals surface area contributed by atoms with Crippen molar-refractivity contribution < 1.29 is 13.7 Å². The molecule has 2 amide bonds. The first-order valence-corrected chi connectivity index (χ1v) is 7.36. The molecule has 1 aliphatic rings. The molecule has 116 valence electrons. The molecule has 1 N–H and O–H groups in total. The Morgan fingerprint density at radius 3 is 2.77 bits per heavy atom. The summed E-state index contributed by atoms with van der Waals surface area (Å²) in [7, 11) is 0.